The standard InChI is InChI=1S/C13H14ClN3O5S2/c14-9-1-2-11-10(7-9)17(13(19)23-11)8-12(18)15-3-5-16(6-4-15)24(20,21)22/h1-2,7H,3-6,8H2,(H,20,21,22). The third kappa shape index (κ3) is 3.47. The predicted molar refractivity (Wildman–Crippen MR) is 90.8 cm³/mol. The normalized spacial score (nSPS) is 16.7. The number of benzene rings is 1. The summed E-state index contributed by atoms with van der Waals surface area (Å²) in [7, 11) is -4.24. The molecule has 2 heterocycles. The Hall–Kier alpha value is -1.46. The summed E-state index contributed by atoms with van der Waals surface area (Å²) in [6.07, 6.45) is 0. The predicted octanol–water partition coefficient (Wildman–Crippen LogP) is 0.663. The van der Waals surface area contributed by atoms with Gasteiger partial charge in [0, 0.05) is 31.2 Å². The van der Waals surface area contributed by atoms with Crippen molar-refractivity contribution in [3.63, 3.8) is 0 Å². The minimum absolute atomic E-state index is 0.0235. The maximum atomic E-state index is 12.4. The van der Waals surface area contributed by atoms with Gasteiger partial charge >= 0.3 is 15.2 Å². The molecule has 1 aliphatic heterocycles. The number of hydrogen-bond donors (Lipinski definition) is 1. The lowest BCUT2D eigenvalue weighted by molar-refractivity contribution is -0.133. The van der Waals surface area contributed by atoms with Crippen molar-refractivity contribution in [1.29, 1.82) is 0 Å². The van der Waals surface area contributed by atoms with E-state index in [2.05, 4.69) is 0 Å². The highest BCUT2D eigenvalue weighted by Gasteiger charge is 2.27. The first kappa shape index (κ1) is 17.4. The van der Waals surface area contributed by atoms with Gasteiger partial charge in [0.1, 0.15) is 6.54 Å². The number of fused-ring (bicyclic) bond motifs is 1. The van der Waals surface area contributed by atoms with E-state index in [1.165, 1.54) is 9.47 Å². The van der Waals surface area contributed by atoms with Gasteiger partial charge in [0.05, 0.1) is 10.2 Å². The van der Waals surface area contributed by atoms with Crippen LogP contribution in [0.1, 0.15) is 0 Å². The summed E-state index contributed by atoms with van der Waals surface area (Å²) in [4.78, 5) is 25.7. The number of piperazine rings is 1. The fourth-order valence-electron chi connectivity index (χ4n) is 2.59. The molecule has 1 N–H and O–H groups in total. The van der Waals surface area contributed by atoms with E-state index in [1.54, 1.807) is 18.2 Å². The zero-order valence-corrected chi connectivity index (χ0v) is 14.8. The van der Waals surface area contributed by atoms with Gasteiger partial charge in [0.2, 0.25) is 5.91 Å². The Balaban J connectivity index is 1.76. The maximum absolute atomic E-state index is 12.4. The number of nitrogens with zero attached hydrogens (tertiary/aromatic N) is 3. The molecule has 0 spiro atoms. The number of hydrogen-bond acceptors (Lipinski definition) is 5. The second kappa shape index (κ2) is 6.45. The van der Waals surface area contributed by atoms with E-state index in [0.29, 0.717) is 10.5 Å². The Morgan fingerprint density at radius 1 is 1.25 bits per heavy atom. The first-order chi connectivity index (χ1) is 11.3. The van der Waals surface area contributed by atoms with Crippen LogP contribution in [0, 0.1) is 0 Å². The summed E-state index contributed by atoms with van der Waals surface area (Å²) >= 11 is 6.99. The number of thiazole rings is 1. The quantitative estimate of drug-likeness (QED) is 0.775. The Kier molecular flexibility index (Phi) is 4.67. The van der Waals surface area contributed by atoms with Crippen LogP contribution < -0.4 is 4.87 Å². The van der Waals surface area contributed by atoms with Gasteiger partial charge in [-0.05, 0) is 18.2 Å². The lowest BCUT2D eigenvalue weighted by Gasteiger charge is -2.32. The number of aromatic nitrogens is 1. The Labute approximate surface area is 146 Å². The van der Waals surface area contributed by atoms with Crippen LogP contribution in [-0.4, -0.2) is 58.8 Å². The van der Waals surface area contributed by atoms with Crippen LogP contribution in [0.15, 0.2) is 23.0 Å². The zero-order valence-electron chi connectivity index (χ0n) is 12.4. The van der Waals surface area contributed by atoms with E-state index in [4.69, 9.17) is 16.2 Å². The highest BCUT2D eigenvalue weighted by Crippen LogP contribution is 2.21. The Morgan fingerprint density at radius 3 is 2.54 bits per heavy atom. The van der Waals surface area contributed by atoms with E-state index < -0.39 is 10.3 Å². The second-order valence-corrected chi connectivity index (χ2v) is 8.17. The molecule has 0 unspecified atom stereocenters. The highest BCUT2D eigenvalue weighted by atomic mass is 35.5. The molecule has 0 saturated carbocycles. The lowest BCUT2D eigenvalue weighted by Crippen LogP contribution is -2.51. The SMILES string of the molecule is O=C(Cn1c(=O)sc2ccc(Cl)cc21)N1CCN(S(=O)(=O)O)CC1. The molecule has 1 fully saturated rings. The molecule has 3 rings (SSSR count). The van der Waals surface area contributed by atoms with Gasteiger partial charge in [-0.2, -0.15) is 12.7 Å². The van der Waals surface area contributed by atoms with Crippen LogP contribution in [-0.2, 0) is 21.6 Å². The van der Waals surface area contributed by atoms with E-state index in [1.807, 2.05) is 0 Å². The molecule has 1 aromatic carbocycles. The van der Waals surface area contributed by atoms with Crippen LogP contribution in [0.25, 0.3) is 10.2 Å². The van der Waals surface area contributed by atoms with Crippen LogP contribution in [0.2, 0.25) is 5.02 Å². The van der Waals surface area contributed by atoms with Crippen molar-refractivity contribution in [3.8, 4) is 0 Å². The van der Waals surface area contributed by atoms with Gasteiger partial charge in [0.15, 0.2) is 0 Å². The minimum atomic E-state index is -4.24. The van der Waals surface area contributed by atoms with Crippen LogP contribution in [0.3, 0.4) is 0 Å². The number of rotatable bonds is 3. The fourth-order valence-corrected chi connectivity index (χ4v) is 4.25. The first-order valence-corrected chi connectivity index (χ1v) is 9.64. The molecule has 2 aromatic rings. The summed E-state index contributed by atoms with van der Waals surface area (Å²) in [5.74, 6) is -0.285. The molecule has 11 heteroatoms. The molecule has 1 aromatic heterocycles. The maximum Gasteiger partial charge on any atom is 0.336 e. The highest BCUT2D eigenvalue weighted by molar-refractivity contribution is 7.83. The topological polar surface area (TPSA) is 99.9 Å². The molecule has 130 valence electrons. The molecule has 8 nitrogen and oxygen atoms in total. The molecular weight excluding hydrogens is 378 g/mol. The molecular formula is C13H14ClN3O5S2. The number of halogens is 1. The Bertz CT molecular complexity index is 944. The van der Waals surface area contributed by atoms with Gasteiger partial charge in [-0.3, -0.25) is 18.7 Å². The van der Waals surface area contributed by atoms with Crippen LogP contribution in [0.5, 0.6) is 0 Å². The fraction of sp³-hybridized carbons (Fsp3) is 0.385. The molecule has 1 saturated heterocycles. The molecule has 1 aliphatic rings. The number of amides is 1. The largest absolute Gasteiger partial charge is 0.338 e. The molecule has 24 heavy (non-hydrogen) atoms. The Morgan fingerprint density at radius 2 is 1.92 bits per heavy atom. The first-order valence-electron chi connectivity index (χ1n) is 7.05. The smallest absolute Gasteiger partial charge is 0.336 e. The van der Waals surface area contributed by atoms with Gasteiger partial charge in [0.25, 0.3) is 0 Å². The zero-order chi connectivity index (χ0) is 17.5. The van der Waals surface area contributed by atoms with Crippen LogP contribution in [0.4, 0.5) is 0 Å². The third-order valence-corrected chi connectivity index (χ3v) is 6.05. The molecule has 0 radical (unpaired) electrons. The third-order valence-electron chi connectivity index (χ3n) is 3.84. The van der Waals surface area contributed by atoms with Crippen molar-refractivity contribution in [1.82, 2.24) is 13.8 Å². The molecule has 0 atom stereocenters. The van der Waals surface area contributed by atoms with Crippen molar-refractivity contribution in [2.45, 2.75) is 6.54 Å². The van der Waals surface area contributed by atoms with Crippen molar-refractivity contribution in [3.05, 3.63) is 32.9 Å². The van der Waals surface area contributed by atoms with Crippen molar-refractivity contribution < 1.29 is 17.8 Å². The van der Waals surface area contributed by atoms with Crippen molar-refractivity contribution in [2.24, 2.45) is 0 Å². The number of carbonyl (C=O) groups is 1. The summed E-state index contributed by atoms with van der Waals surface area (Å²) in [6.45, 7) is 0.239. The van der Waals surface area contributed by atoms with E-state index >= 15 is 0 Å². The van der Waals surface area contributed by atoms with E-state index in [-0.39, 0.29) is 43.5 Å². The van der Waals surface area contributed by atoms with Crippen molar-refractivity contribution in [2.75, 3.05) is 26.2 Å². The summed E-state index contributed by atoms with van der Waals surface area (Å²) in [5, 5.41) is 0.475. The summed E-state index contributed by atoms with van der Waals surface area (Å²) in [5.41, 5.74) is 0.599. The van der Waals surface area contributed by atoms with Gasteiger partial charge in [-0.1, -0.05) is 22.9 Å². The van der Waals surface area contributed by atoms with Gasteiger partial charge in [-0.15, -0.1) is 0 Å². The summed E-state index contributed by atoms with van der Waals surface area (Å²) < 4.78 is 34.1. The van der Waals surface area contributed by atoms with Crippen LogP contribution >= 0.6 is 22.9 Å². The van der Waals surface area contributed by atoms with Crippen molar-refractivity contribution >= 4 is 49.4 Å². The summed E-state index contributed by atoms with van der Waals surface area (Å²) in [6, 6.07) is 5.05. The molecule has 1 amide bonds. The minimum Gasteiger partial charge on any atom is -0.338 e. The average Bonchev–Trinajstić information content (AvgIpc) is 2.82. The monoisotopic (exact) mass is 391 g/mol. The average molecular weight is 392 g/mol. The van der Waals surface area contributed by atoms with Gasteiger partial charge in [-0.25, -0.2) is 0 Å². The molecule has 0 bridgehead atoms. The van der Waals surface area contributed by atoms with Gasteiger partial charge < -0.3 is 4.90 Å². The van der Waals surface area contributed by atoms with E-state index in [0.717, 1.165) is 20.3 Å². The number of carbonyl (C=O) groups excluding carboxylic acids is 1. The second-order valence-electron chi connectivity index (χ2n) is 5.32. The molecule has 0 aliphatic carbocycles. The lowest BCUT2D eigenvalue weighted by atomic mass is 10.3. The van der Waals surface area contributed by atoms with E-state index in [9.17, 15) is 18.0 Å².